The molecule has 150 valence electrons. The molecule has 0 aromatic rings. The summed E-state index contributed by atoms with van der Waals surface area (Å²) in [5, 5.41) is 6.04. The van der Waals surface area contributed by atoms with E-state index in [-0.39, 0.29) is 42.5 Å². The van der Waals surface area contributed by atoms with Crippen molar-refractivity contribution < 1.29 is 14.3 Å². The number of nitrogens with one attached hydrogen (secondary N) is 2. The largest absolute Gasteiger partial charge is 0.444 e. The molecule has 2 N–H and O–H groups in total. The van der Waals surface area contributed by atoms with Crippen LogP contribution in [0.15, 0.2) is 17.6 Å². The molecule has 0 saturated carbocycles. The van der Waals surface area contributed by atoms with Crippen LogP contribution in [0, 0.1) is 0 Å². The minimum Gasteiger partial charge on any atom is -0.444 e. The number of rotatable bonds is 5. The predicted octanol–water partition coefficient (Wildman–Crippen LogP) is 1.42. The molecular weight excluding hydrogens is 449 g/mol. The molecule has 1 unspecified atom stereocenters. The summed E-state index contributed by atoms with van der Waals surface area (Å²) < 4.78 is 5.29. The molecule has 9 heteroatoms. The lowest BCUT2D eigenvalue weighted by molar-refractivity contribution is -0.127. The Labute approximate surface area is 173 Å². The number of halogens is 1. The first-order valence-corrected chi connectivity index (χ1v) is 8.46. The molecule has 0 radical (unpaired) electrons. The molecule has 1 rings (SSSR count). The lowest BCUT2D eigenvalue weighted by atomic mass is 10.2. The molecular formula is C17H32IN5O3. The lowest BCUT2D eigenvalue weighted by Crippen LogP contribution is -2.44. The Bertz CT molecular complexity index is 517. The van der Waals surface area contributed by atoms with Crippen LogP contribution in [0.2, 0.25) is 0 Å². The van der Waals surface area contributed by atoms with E-state index >= 15 is 0 Å². The fourth-order valence-corrected chi connectivity index (χ4v) is 2.26. The molecule has 1 aliphatic rings. The fraction of sp³-hybridized carbons (Fsp3) is 0.706. The van der Waals surface area contributed by atoms with Crippen molar-refractivity contribution in [3.05, 3.63) is 12.7 Å². The van der Waals surface area contributed by atoms with Gasteiger partial charge in [0.25, 0.3) is 0 Å². The van der Waals surface area contributed by atoms with Gasteiger partial charge in [-0.3, -0.25) is 4.79 Å². The summed E-state index contributed by atoms with van der Waals surface area (Å²) in [4.78, 5) is 31.6. The van der Waals surface area contributed by atoms with Crippen molar-refractivity contribution in [2.45, 2.75) is 38.8 Å². The van der Waals surface area contributed by atoms with Gasteiger partial charge in [0, 0.05) is 33.7 Å². The summed E-state index contributed by atoms with van der Waals surface area (Å²) in [5.74, 6) is 0.573. The minimum atomic E-state index is -0.521. The van der Waals surface area contributed by atoms with Gasteiger partial charge in [0.2, 0.25) is 5.91 Å². The van der Waals surface area contributed by atoms with Crippen LogP contribution in [-0.2, 0) is 9.53 Å². The van der Waals surface area contributed by atoms with Crippen LogP contribution in [0.25, 0.3) is 0 Å². The highest BCUT2D eigenvalue weighted by molar-refractivity contribution is 14.0. The van der Waals surface area contributed by atoms with Crippen LogP contribution in [0.4, 0.5) is 4.79 Å². The number of aliphatic imine (C=N–C) groups is 1. The number of amides is 2. The maximum atomic E-state index is 11.9. The molecule has 0 bridgehead atoms. The van der Waals surface area contributed by atoms with Gasteiger partial charge in [-0.2, -0.15) is 0 Å². The highest BCUT2D eigenvalue weighted by Gasteiger charge is 2.28. The molecule has 1 heterocycles. The standard InChI is InChI=1S/C17H31N5O3.HI/c1-7-9-18-15(19-11-14(23)21(5)6)22-10-8-13(12-22)20-16(24)25-17(2,3)4;/h7,13H,1,8-12H2,2-6H3,(H,18,19)(H,20,24);1H. The number of hydrogen-bond acceptors (Lipinski definition) is 4. The number of likely N-dealkylation sites (tertiary alicyclic amines) is 1. The second-order valence-electron chi connectivity index (χ2n) is 7.18. The van der Waals surface area contributed by atoms with Crippen molar-refractivity contribution >= 4 is 41.9 Å². The normalized spacial score (nSPS) is 17.2. The van der Waals surface area contributed by atoms with Gasteiger partial charge in [-0.05, 0) is 27.2 Å². The summed E-state index contributed by atoms with van der Waals surface area (Å²) in [6.45, 7) is 11.2. The van der Waals surface area contributed by atoms with Gasteiger partial charge in [0.15, 0.2) is 5.96 Å². The summed E-state index contributed by atoms with van der Waals surface area (Å²) in [6, 6.07) is -0.0184. The van der Waals surface area contributed by atoms with Crippen molar-refractivity contribution in [3.63, 3.8) is 0 Å². The summed E-state index contributed by atoms with van der Waals surface area (Å²) in [5.41, 5.74) is -0.521. The number of guanidine groups is 1. The van der Waals surface area contributed by atoms with Crippen molar-refractivity contribution in [3.8, 4) is 0 Å². The number of alkyl carbamates (subject to hydrolysis) is 1. The Hall–Kier alpha value is -1.52. The van der Waals surface area contributed by atoms with Crippen molar-refractivity contribution in [1.82, 2.24) is 20.4 Å². The topological polar surface area (TPSA) is 86.3 Å². The van der Waals surface area contributed by atoms with E-state index < -0.39 is 11.7 Å². The Morgan fingerprint density at radius 1 is 1.38 bits per heavy atom. The monoisotopic (exact) mass is 481 g/mol. The number of ether oxygens (including phenoxy) is 1. The van der Waals surface area contributed by atoms with Gasteiger partial charge in [-0.1, -0.05) is 6.08 Å². The van der Waals surface area contributed by atoms with E-state index in [0.717, 1.165) is 13.0 Å². The third-order valence-corrected chi connectivity index (χ3v) is 3.48. The number of nitrogens with zero attached hydrogens (tertiary/aromatic N) is 3. The molecule has 1 fully saturated rings. The Morgan fingerprint density at radius 3 is 2.58 bits per heavy atom. The van der Waals surface area contributed by atoms with E-state index in [9.17, 15) is 9.59 Å². The average molecular weight is 481 g/mol. The van der Waals surface area contributed by atoms with E-state index in [0.29, 0.717) is 19.0 Å². The van der Waals surface area contributed by atoms with Crippen LogP contribution in [0.5, 0.6) is 0 Å². The number of likely N-dealkylation sites (N-methyl/N-ethyl adjacent to an activating group) is 1. The predicted molar refractivity (Wildman–Crippen MR) is 114 cm³/mol. The summed E-state index contributed by atoms with van der Waals surface area (Å²) in [7, 11) is 3.40. The number of carbonyl (C=O) groups excluding carboxylic acids is 2. The second-order valence-corrected chi connectivity index (χ2v) is 7.18. The minimum absolute atomic E-state index is 0. The first kappa shape index (κ1) is 24.5. The lowest BCUT2D eigenvalue weighted by Gasteiger charge is -2.23. The molecule has 8 nitrogen and oxygen atoms in total. The van der Waals surface area contributed by atoms with E-state index in [1.165, 1.54) is 4.90 Å². The van der Waals surface area contributed by atoms with E-state index in [2.05, 4.69) is 22.2 Å². The molecule has 0 aromatic carbocycles. The van der Waals surface area contributed by atoms with Crippen molar-refractivity contribution in [1.29, 1.82) is 0 Å². The van der Waals surface area contributed by atoms with Crippen LogP contribution in [-0.4, -0.2) is 79.7 Å². The molecule has 2 amide bonds. The second kappa shape index (κ2) is 11.2. The zero-order valence-electron chi connectivity index (χ0n) is 16.4. The Balaban J connectivity index is 0.00000625. The smallest absolute Gasteiger partial charge is 0.407 e. The molecule has 0 aliphatic carbocycles. The first-order valence-electron chi connectivity index (χ1n) is 8.46. The maximum Gasteiger partial charge on any atom is 0.407 e. The van der Waals surface area contributed by atoms with Gasteiger partial charge in [-0.25, -0.2) is 9.79 Å². The van der Waals surface area contributed by atoms with Crippen LogP contribution in [0.3, 0.4) is 0 Å². The van der Waals surface area contributed by atoms with E-state index in [4.69, 9.17) is 4.74 Å². The van der Waals surface area contributed by atoms with Crippen LogP contribution < -0.4 is 10.6 Å². The summed E-state index contributed by atoms with van der Waals surface area (Å²) >= 11 is 0. The maximum absolute atomic E-state index is 11.9. The quantitative estimate of drug-likeness (QED) is 0.269. The SMILES string of the molecule is C=CCNC(=NCC(=O)N(C)C)N1CCC(NC(=O)OC(C)(C)C)C1.I. The molecule has 1 saturated heterocycles. The van der Waals surface area contributed by atoms with Crippen LogP contribution in [0.1, 0.15) is 27.2 Å². The number of hydrogen-bond donors (Lipinski definition) is 2. The Kier molecular flexibility index (Phi) is 10.6. The summed E-state index contributed by atoms with van der Waals surface area (Å²) in [6.07, 6.45) is 2.10. The van der Waals surface area contributed by atoms with Gasteiger partial charge < -0.3 is 25.2 Å². The third kappa shape index (κ3) is 9.25. The van der Waals surface area contributed by atoms with Crippen molar-refractivity contribution in [2.75, 3.05) is 40.3 Å². The molecule has 1 aliphatic heterocycles. The highest BCUT2D eigenvalue weighted by Crippen LogP contribution is 2.12. The first-order chi connectivity index (χ1) is 11.6. The molecule has 1 atom stereocenters. The van der Waals surface area contributed by atoms with E-state index in [1.54, 1.807) is 20.2 Å². The molecule has 0 spiro atoms. The third-order valence-electron chi connectivity index (χ3n) is 3.48. The molecule has 0 aromatic heterocycles. The fourth-order valence-electron chi connectivity index (χ4n) is 2.26. The van der Waals surface area contributed by atoms with Gasteiger partial charge >= 0.3 is 6.09 Å². The van der Waals surface area contributed by atoms with Crippen LogP contribution >= 0.6 is 24.0 Å². The Morgan fingerprint density at radius 2 is 2.04 bits per heavy atom. The zero-order chi connectivity index (χ0) is 19.0. The number of carbonyl (C=O) groups is 2. The zero-order valence-corrected chi connectivity index (χ0v) is 18.7. The van der Waals surface area contributed by atoms with Crippen molar-refractivity contribution in [2.24, 2.45) is 4.99 Å². The molecule has 26 heavy (non-hydrogen) atoms. The average Bonchev–Trinajstić information content (AvgIpc) is 2.93. The highest BCUT2D eigenvalue weighted by atomic mass is 127. The van der Waals surface area contributed by atoms with Gasteiger partial charge in [-0.15, -0.1) is 30.6 Å². The van der Waals surface area contributed by atoms with Gasteiger partial charge in [0.05, 0.1) is 6.04 Å². The van der Waals surface area contributed by atoms with Gasteiger partial charge in [0.1, 0.15) is 12.1 Å². The van der Waals surface area contributed by atoms with E-state index in [1.807, 2.05) is 25.7 Å².